The smallest absolute Gasteiger partial charge is 0.282 e. The molecule has 0 atom stereocenters. The zero-order valence-electron chi connectivity index (χ0n) is 18.5. The molecule has 4 heteroatoms. The molecule has 0 spiro atoms. The molecule has 3 aromatic carbocycles. The Morgan fingerprint density at radius 2 is 1.45 bits per heavy atom. The molecule has 1 N–H and O–H groups in total. The Bertz CT molecular complexity index is 1250. The second-order valence-electron chi connectivity index (χ2n) is 8.21. The van der Waals surface area contributed by atoms with Gasteiger partial charge in [0, 0.05) is 5.69 Å². The normalized spacial score (nSPS) is 13.9. The molecular weight excluding hydrogens is 384 g/mol. The van der Waals surface area contributed by atoms with Gasteiger partial charge in [-0.05, 0) is 86.2 Å². The summed E-state index contributed by atoms with van der Waals surface area (Å²) < 4.78 is 0. The molecule has 4 nitrogen and oxygen atoms in total. The summed E-state index contributed by atoms with van der Waals surface area (Å²) in [6.07, 6.45) is 0. The van der Waals surface area contributed by atoms with Gasteiger partial charge in [-0.25, -0.2) is 4.90 Å². The summed E-state index contributed by atoms with van der Waals surface area (Å²) in [7, 11) is 0. The van der Waals surface area contributed by atoms with Gasteiger partial charge in [0.25, 0.3) is 11.8 Å². The molecular formula is C27H26N2O2. The van der Waals surface area contributed by atoms with Gasteiger partial charge in [-0.1, -0.05) is 42.5 Å². The van der Waals surface area contributed by atoms with Gasteiger partial charge < -0.3 is 5.32 Å². The van der Waals surface area contributed by atoms with E-state index < -0.39 is 0 Å². The van der Waals surface area contributed by atoms with Gasteiger partial charge in [0.2, 0.25) is 0 Å². The summed E-state index contributed by atoms with van der Waals surface area (Å²) >= 11 is 0. The number of imide groups is 1. The van der Waals surface area contributed by atoms with E-state index in [2.05, 4.69) is 5.32 Å². The number of benzene rings is 3. The van der Waals surface area contributed by atoms with Crippen molar-refractivity contribution in [1.29, 1.82) is 0 Å². The van der Waals surface area contributed by atoms with Crippen molar-refractivity contribution in [3.8, 4) is 0 Å². The molecule has 3 aromatic rings. The average Bonchev–Trinajstić information content (AvgIpc) is 2.96. The molecule has 0 aromatic heterocycles. The molecule has 0 unspecified atom stereocenters. The fraction of sp³-hybridized carbons (Fsp3) is 0.185. The molecule has 2 amide bonds. The Morgan fingerprint density at radius 1 is 0.710 bits per heavy atom. The SMILES string of the molecule is Cc1cccc(NC2=C(c3ccc(C)c(C)c3)C(=O)N(c3cccc(C)c3C)C2=O)c1. The van der Waals surface area contributed by atoms with E-state index in [1.807, 2.05) is 95.3 Å². The van der Waals surface area contributed by atoms with Crippen LogP contribution in [0.5, 0.6) is 0 Å². The van der Waals surface area contributed by atoms with Crippen molar-refractivity contribution in [2.24, 2.45) is 0 Å². The van der Waals surface area contributed by atoms with Crippen molar-refractivity contribution in [1.82, 2.24) is 0 Å². The molecule has 0 bridgehead atoms. The number of nitrogens with zero attached hydrogens (tertiary/aromatic N) is 1. The lowest BCUT2D eigenvalue weighted by Gasteiger charge is -2.19. The van der Waals surface area contributed by atoms with Gasteiger partial charge in [0.05, 0.1) is 11.3 Å². The Labute approximate surface area is 183 Å². The van der Waals surface area contributed by atoms with Crippen LogP contribution in [0, 0.1) is 34.6 Å². The van der Waals surface area contributed by atoms with Crippen molar-refractivity contribution in [3.63, 3.8) is 0 Å². The minimum absolute atomic E-state index is 0.305. The number of hydrogen-bond acceptors (Lipinski definition) is 3. The van der Waals surface area contributed by atoms with E-state index in [-0.39, 0.29) is 11.8 Å². The Hall–Kier alpha value is -3.66. The van der Waals surface area contributed by atoms with Crippen LogP contribution in [-0.4, -0.2) is 11.8 Å². The second kappa shape index (κ2) is 7.88. The van der Waals surface area contributed by atoms with Crippen LogP contribution in [0.4, 0.5) is 11.4 Å². The van der Waals surface area contributed by atoms with Crippen molar-refractivity contribution < 1.29 is 9.59 Å². The minimum atomic E-state index is -0.339. The predicted octanol–water partition coefficient (Wildman–Crippen LogP) is 5.63. The first kappa shape index (κ1) is 20.6. The van der Waals surface area contributed by atoms with Gasteiger partial charge in [0.15, 0.2) is 0 Å². The fourth-order valence-electron chi connectivity index (χ4n) is 3.87. The van der Waals surface area contributed by atoms with Crippen molar-refractivity contribution in [2.75, 3.05) is 10.2 Å². The van der Waals surface area contributed by atoms with E-state index in [1.54, 1.807) is 0 Å². The lowest BCUT2D eigenvalue weighted by Crippen LogP contribution is -2.33. The molecule has 1 aliphatic rings. The van der Waals surface area contributed by atoms with Crippen LogP contribution >= 0.6 is 0 Å². The van der Waals surface area contributed by atoms with E-state index in [0.29, 0.717) is 17.0 Å². The van der Waals surface area contributed by atoms with Crippen LogP contribution in [0.1, 0.15) is 33.4 Å². The molecule has 0 saturated carbocycles. The first-order valence-electron chi connectivity index (χ1n) is 10.4. The number of anilines is 2. The van der Waals surface area contributed by atoms with E-state index in [4.69, 9.17) is 0 Å². The molecule has 1 aliphatic heterocycles. The minimum Gasteiger partial charge on any atom is -0.350 e. The van der Waals surface area contributed by atoms with Crippen LogP contribution in [0.2, 0.25) is 0 Å². The van der Waals surface area contributed by atoms with Crippen LogP contribution in [0.25, 0.3) is 5.57 Å². The highest BCUT2D eigenvalue weighted by molar-refractivity contribution is 6.46. The third kappa shape index (κ3) is 3.66. The Kier molecular flexibility index (Phi) is 5.24. The maximum atomic E-state index is 13.7. The Morgan fingerprint density at radius 3 is 2.16 bits per heavy atom. The van der Waals surface area contributed by atoms with Crippen LogP contribution in [0.15, 0.2) is 66.4 Å². The van der Waals surface area contributed by atoms with Crippen molar-refractivity contribution in [2.45, 2.75) is 34.6 Å². The number of nitrogens with one attached hydrogen (secondary N) is 1. The largest absolute Gasteiger partial charge is 0.350 e. The van der Waals surface area contributed by atoms with Crippen molar-refractivity contribution >= 4 is 28.8 Å². The van der Waals surface area contributed by atoms with E-state index in [1.165, 1.54) is 4.90 Å². The van der Waals surface area contributed by atoms with Crippen molar-refractivity contribution in [3.05, 3.63) is 99.7 Å². The van der Waals surface area contributed by atoms with Crippen LogP contribution < -0.4 is 10.2 Å². The highest BCUT2D eigenvalue weighted by Crippen LogP contribution is 2.36. The molecule has 0 saturated heterocycles. The lowest BCUT2D eigenvalue weighted by molar-refractivity contribution is -0.120. The van der Waals surface area contributed by atoms with Gasteiger partial charge in [0.1, 0.15) is 5.70 Å². The molecule has 31 heavy (non-hydrogen) atoms. The van der Waals surface area contributed by atoms with E-state index in [9.17, 15) is 9.59 Å². The molecule has 0 radical (unpaired) electrons. The number of aryl methyl sites for hydroxylation is 4. The maximum Gasteiger partial charge on any atom is 0.282 e. The van der Waals surface area contributed by atoms with Crippen LogP contribution in [-0.2, 0) is 9.59 Å². The number of rotatable bonds is 4. The second-order valence-corrected chi connectivity index (χ2v) is 8.21. The average molecular weight is 411 g/mol. The molecule has 1 heterocycles. The summed E-state index contributed by atoms with van der Waals surface area (Å²) in [5.41, 5.74) is 8.08. The monoisotopic (exact) mass is 410 g/mol. The molecule has 4 rings (SSSR count). The van der Waals surface area contributed by atoms with Gasteiger partial charge in [-0.15, -0.1) is 0 Å². The quantitative estimate of drug-likeness (QED) is 0.568. The standard InChI is InChI=1S/C27H26N2O2/c1-16-8-6-10-22(14-16)28-25-24(21-13-12-17(2)19(4)15-21)26(30)29(27(25)31)23-11-7-9-18(3)20(23)5/h6-15,28H,1-5H3. The fourth-order valence-corrected chi connectivity index (χ4v) is 3.87. The summed E-state index contributed by atoms with van der Waals surface area (Å²) in [4.78, 5) is 28.5. The lowest BCUT2D eigenvalue weighted by atomic mass is 9.99. The topological polar surface area (TPSA) is 49.4 Å². The van der Waals surface area contributed by atoms with Gasteiger partial charge >= 0.3 is 0 Å². The molecule has 156 valence electrons. The Balaban J connectivity index is 1.88. The highest BCUT2D eigenvalue weighted by atomic mass is 16.2. The number of carbonyl (C=O) groups is 2. The molecule has 0 fully saturated rings. The number of carbonyl (C=O) groups excluding carboxylic acids is 2. The van der Waals surface area contributed by atoms with Gasteiger partial charge in [-0.2, -0.15) is 0 Å². The predicted molar refractivity (Wildman–Crippen MR) is 126 cm³/mol. The summed E-state index contributed by atoms with van der Waals surface area (Å²) in [6, 6.07) is 19.3. The van der Waals surface area contributed by atoms with Gasteiger partial charge in [-0.3, -0.25) is 9.59 Å². The van der Waals surface area contributed by atoms with E-state index in [0.717, 1.165) is 39.1 Å². The first-order valence-corrected chi connectivity index (χ1v) is 10.4. The summed E-state index contributed by atoms with van der Waals surface area (Å²) in [6.45, 7) is 9.95. The summed E-state index contributed by atoms with van der Waals surface area (Å²) in [5, 5.41) is 3.25. The molecule has 0 aliphatic carbocycles. The number of amides is 2. The van der Waals surface area contributed by atoms with E-state index >= 15 is 0 Å². The zero-order chi connectivity index (χ0) is 22.3. The summed E-state index contributed by atoms with van der Waals surface area (Å²) in [5.74, 6) is -0.648. The first-order chi connectivity index (χ1) is 14.8. The third-order valence-electron chi connectivity index (χ3n) is 5.98. The third-order valence-corrected chi connectivity index (χ3v) is 5.98. The van der Waals surface area contributed by atoms with Crippen LogP contribution in [0.3, 0.4) is 0 Å². The highest BCUT2D eigenvalue weighted by Gasteiger charge is 2.41. The number of hydrogen-bond donors (Lipinski definition) is 1. The maximum absolute atomic E-state index is 13.7. The zero-order valence-corrected chi connectivity index (χ0v) is 18.5.